The van der Waals surface area contributed by atoms with E-state index in [1.807, 2.05) is 6.08 Å². The monoisotopic (exact) mass is 1080 g/mol. The van der Waals surface area contributed by atoms with E-state index in [4.69, 9.17) is 14.2 Å². The van der Waals surface area contributed by atoms with Crippen LogP contribution in [0.4, 0.5) is 0 Å². The van der Waals surface area contributed by atoms with Gasteiger partial charge >= 0.3 is 5.97 Å². The lowest BCUT2D eigenvalue weighted by Gasteiger charge is -2.41. The van der Waals surface area contributed by atoms with E-state index in [1.54, 1.807) is 6.08 Å². The molecule has 11 nitrogen and oxygen atoms in total. The highest BCUT2D eigenvalue weighted by atomic mass is 16.7. The van der Waals surface area contributed by atoms with Crippen molar-refractivity contribution in [3.8, 4) is 0 Å². The quantitative estimate of drug-likeness (QED) is 0.0195. The molecule has 0 aromatic heterocycles. The van der Waals surface area contributed by atoms with E-state index in [-0.39, 0.29) is 19.4 Å². The van der Waals surface area contributed by atoms with Gasteiger partial charge in [0.25, 0.3) is 0 Å². The topological polar surface area (TPSA) is 175 Å². The number of aliphatic hydroxyl groups excluding tert-OH is 5. The van der Waals surface area contributed by atoms with Gasteiger partial charge < -0.3 is 45.1 Å². The maximum atomic E-state index is 13.4. The fourth-order valence-electron chi connectivity index (χ4n) is 9.36. The highest BCUT2D eigenvalue weighted by Gasteiger charge is 2.47. The Labute approximate surface area is 470 Å². The number of carbonyl (C=O) groups excluding carboxylic acids is 2. The highest BCUT2D eigenvalue weighted by Crippen LogP contribution is 2.26. The van der Waals surface area contributed by atoms with E-state index < -0.39 is 67.4 Å². The molecule has 1 aliphatic rings. The summed E-state index contributed by atoms with van der Waals surface area (Å²) in [4.78, 5) is 26.5. The standard InChI is InChI=1S/C66H115NO10/c1-4-7-10-13-16-19-22-25-26-27-28-29-30-31-32-33-34-36-39-42-45-48-51-54-61(71)77-64-63(73)62(72)60(55-68)76-66(64)75-56-57(58(69)52-49-46-43-40-37-24-21-18-15-12-9-6-3)67-65(74)59(70)53-50-47-44-41-38-35-23-20-17-14-11-8-5-2/h7,10,16,19,25-26,28-29,31-32,34,36,49,52,57-60,62-64,66,68-70,72-73H,4-6,8-9,11-15,17-18,20-24,27,30,33,35,37-48,50-51,53-56H2,1-3H3,(H,67,74)/b10-7-,19-16-,26-25-,29-28-,32-31-,36-34-,52-49+. The van der Waals surface area contributed by atoms with Gasteiger partial charge in [0.05, 0.1) is 25.4 Å². The SMILES string of the molecule is CC/C=C\C/C=C\C/C=C\C/C=C\C/C=C\C/C=C\CCCCCCC(=O)OC1C(OCC(NC(=O)C(O)CCCCCCCCCCCCCCC)C(O)/C=C/CCCCCCCCCCCC)OC(CO)C(O)C1O. The van der Waals surface area contributed by atoms with Gasteiger partial charge in [0, 0.05) is 6.42 Å². The zero-order valence-electron chi connectivity index (χ0n) is 49.1. The van der Waals surface area contributed by atoms with Crippen LogP contribution in [0, 0.1) is 0 Å². The van der Waals surface area contributed by atoms with Crippen molar-refractivity contribution in [2.75, 3.05) is 13.2 Å². The molecular weight excluding hydrogens is 967 g/mol. The smallest absolute Gasteiger partial charge is 0.306 e. The largest absolute Gasteiger partial charge is 0.454 e. The number of nitrogens with one attached hydrogen (secondary N) is 1. The van der Waals surface area contributed by atoms with Gasteiger partial charge in [0.1, 0.15) is 24.4 Å². The third-order valence-corrected chi connectivity index (χ3v) is 14.3. The number of hydrogen-bond acceptors (Lipinski definition) is 10. The second kappa shape index (κ2) is 53.5. The molecule has 0 aliphatic carbocycles. The summed E-state index contributed by atoms with van der Waals surface area (Å²) in [7, 11) is 0. The van der Waals surface area contributed by atoms with Gasteiger partial charge in [0.15, 0.2) is 12.4 Å². The molecule has 8 unspecified atom stereocenters. The zero-order chi connectivity index (χ0) is 56.1. The first-order valence-electron chi connectivity index (χ1n) is 31.4. The molecule has 1 heterocycles. The van der Waals surface area contributed by atoms with E-state index in [9.17, 15) is 35.1 Å². The van der Waals surface area contributed by atoms with Gasteiger partial charge in [0.2, 0.25) is 5.91 Å². The van der Waals surface area contributed by atoms with E-state index in [0.717, 1.165) is 103 Å². The summed E-state index contributed by atoms with van der Waals surface area (Å²) in [5.41, 5.74) is 0. The van der Waals surface area contributed by atoms with Crippen molar-refractivity contribution in [2.24, 2.45) is 0 Å². The van der Waals surface area contributed by atoms with Crippen LogP contribution in [0.5, 0.6) is 0 Å². The number of unbranched alkanes of at least 4 members (excludes halogenated alkanes) is 26. The Balaban J connectivity index is 2.67. The van der Waals surface area contributed by atoms with Crippen LogP contribution in [-0.2, 0) is 23.8 Å². The lowest BCUT2D eigenvalue weighted by molar-refractivity contribution is -0.305. The molecular formula is C66H115NO10. The Hall–Kier alpha value is -3.16. The summed E-state index contributed by atoms with van der Waals surface area (Å²) in [5.74, 6) is -1.22. The van der Waals surface area contributed by atoms with Crippen molar-refractivity contribution in [3.05, 3.63) is 85.1 Å². The summed E-state index contributed by atoms with van der Waals surface area (Å²) in [6, 6.07) is -1.03. The molecule has 444 valence electrons. The van der Waals surface area contributed by atoms with Crippen LogP contribution in [0.15, 0.2) is 85.1 Å². The maximum Gasteiger partial charge on any atom is 0.306 e. The van der Waals surface area contributed by atoms with Gasteiger partial charge in [-0.3, -0.25) is 9.59 Å². The summed E-state index contributed by atoms with van der Waals surface area (Å²) in [5, 5.41) is 56.9. The molecule has 11 heteroatoms. The summed E-state index contributed by atoms with van der Waals surface area (Å²) in [6.07, 6.45) is 59.0. The lowest BCUT2D eigenvalue weighted by Crippen LogP contribution is -2.61. The molecule has 77 heavy (non-hydrogen) atoms. The van der Waals surface area contributed by atoms with Crippen LogP contribution in [0.3, 0.4) is 0 Å². The normalized spacial score (nSPS) is 19.6. The Kier molecular flexibility index (Phi) is 49.9. The second-order valence-corrected chi connectivity index (χ2v) is 21.4. The highest BCUT2D eigenvalue weighted by molar-refractivity contribution is 5.80. The van der Waals surface area contributed by atoms with Crippen LogP contribution in [0.1, 0.15) is 258 Å². The van der Waals surface area contributed by atoms with E-state index in [1.165, 1.54) is 109 Å². The molecule has 0 spiro atoms. The number of carbonyl (C=O) groups is 2. The van der Waals surface area contributed by atoms with Gasteiger partial charge in [-0.25, -0.2) is 0 Å². The van der Waals surface area contributed by atoms with Crippen molar-refractivity contribution < 1.29 is 49.3 Å². The van der Waals surface area contributed by atoms with Crippen molar-refractivity contribution in [2.45, 2.75) is 307 Å². The summed E-state index contributed by atoms with van der Waals surface area (Å²) >= 11 is 0. The van der Waals surface area contributed by atoms with Gasteiger partial charge in [-0.2, -0.15) is 0 Å². The molecule has 1 rings (SSSR count). The molecule has 6 N–H and O–H groups in total. The first kappa shape index (κ1) is 71.9. The van der Waals surface area contributed by atoms with Crippen LogP contribution >= 0.6 is 0 Å². The first-order chi connectivity index (χ1) is 37.7. The van der Waals surface area contributed by atoms with E-state index >= 15 is 0 Å². The number of rotatable bonds is 52. The number of allylic oxidation sites excluding steroid dienone is 13. The molecule has 8 atom stereocenters. The lowest BCUT2D eigenvalue weighted by atomic mass is 9.99. The minimum atomic E-state index is -1.63. The molecule has 1 saturated heterocycles. The molecule has 0 radical (unpaired) electrons. The van der Waals surface area contributed by atoms with Crippen molar-refractivity contribution in [1.82, 2.24) is 5.32 Å². The van der Waals surface area contributed by atoms with Gasteiger partial charge in [-0.1, -0.05) is 260 Å². The molecule has 1 aliphatic heterocycles. The molecule has 0 aromatic carbocycles. The second-order valence-electron chi connectivity index (χ2n) is 21.4. The van der Waals surface area contributed by atoms with Gasteiger partial charge in [-0.15, -0.1) is 0 Å². The first-order valence-corrected chi connectivity index (χ1v) is 31.4. The predicted molar refractivity (Wildman–Crippen MR) is 319 cm³/mol. The van der Waals surface area contributed by atoms with Crippen LogP contribution in [-0.4, -0.2) is 99.6 Å². The predicted octanol–water partition coefficient (Wildman–Crippen LogP) is 14.9. The molecule has 0 bridgehead atoms. The third-order valence-electron chi connectivity index (χ3n) is 14.3. The fraction of sp³-hybridized carbons (Fsp3) is 0.758. The van der Waals surface area contributed by atoms with Crippen molar-refractivity contribution >= 4 is 11.9 Å². The summed E-state index contributed by atoms with van der Waals surface area (Å²) in [6.45, 7) is 5.66. The molecule has 0 saturated carbocycles. The maximum absolute atomic E-state index is 13.4. The van der Waals surface area contributed by atoms with E-state index in [2.05, 4.69) is 99.0 Å². The van der Waals surface area contributed by atoms with Gasteiger partial charge in [-0.05, 0) is 77.0 Å². The Morgan fingerprint density at radius 3 is 1.40 bits per heavy atom. The third kappa shape index (κ3) is 41.5. The minimum Gasteiger partial charge on any atom is -0.454 e. The molecule has 0 aromatic rings. The number of ether oxygens (including phenoxy) is 3. The Morgan fingerprint density at radius 1 is 0.519 bits per heavy atom. The number of esters is 1. The van der Waals surface area contributed by atoms with Crippen LogP contribution in [0.25, 0.3) is 0 Å². The number of hydrogen-bond donors (Lipinski definition) is 6. The number of amides is 1. The van der Waals surface area contributed by atoms with Crippen LogP contribution < -0.4 is 5.32 Å². The fourth-order valence-corrected chi connectivity index (χ4v) is 9.36. The zero-order valence-corrected chi connectivity index (χ0v) is 49.1. The average Bonchev–Trinajstić information content (AvgIpc) is 3.43. The molecule has 1 fully saturated rings. The molecule has 1 amide bonds. The Morgan fingerprint density at radius 2 is 0.935 bits per heavy atom. The minimum absolute atomic E-state index is 0.0910. The number of aliphatic hydroxyl groups is 5. The van der Waals surface area contributed by atoms with Crippen molar-refractivity contribution in [1.29, 1.82) is 0 Å². The Bertz CT molecular complexity index is 1570. The van der Waals surface area contributed by atoms with E-state index in [0.29, 0.717) is 12.8 Å². The van der Waals surface area contributed by atoms with Crippen molar-refractivity contribution in [3.63, 3.8) is 0 Å². The average molecular weight is 1080 g/mol. The van der Waals surface area contributed by atoms with Crippen LogP contribution in [0.2, 0.25) is 0 Å². The summed E-state index contributed by atoms with van der Waals surface area (Å²) < 4.78 is 17.6.